The molecule has 0 spiro atoms. The molecule has 1 saturated heterocycles. The van der Waals surface area contributed by atoms with E-state index in [2.05, 4.69) is 15.9 Å². The van der Waals surface area contributed by atoms with Gasteiger partial charge in [-0.1, -0.05) is 15.9 Å². The number of nitrogen functional groups attached to an aromatic ring is 1. The van der Waals surface area contributed by atoms with Crippen molar-refractivity contribution < 1.29 is 22.6 Å². The predicted molar refractivity (Wildman–Crippen MR) is 116 cm³/mol. The number of ether oxygens (including phenoxy) is 3. The van der Waals surface area contributed by atoms with E-state index < -0.39 is 10.0 Å². The Morgan fingerprint density at radius 3 is 2.48 bits per heavy atom. The Hall–Kier alpha value is -1.81. The Balaban J connectivity index is 1.85. The van der Waals surface area contributed by atoms with Gasteiger partial charge in [-0.3, -0.25) is 4.31 Å². The van der Waals surface area contributed by atoms with Gasteiger partial charge in [0.2, 0.25) is 0 Å². The summed E-state index contributed by atoms with van der Waals surface area (Å²) in [6.45, 7) is 1.53. The monoisotopic (exact) mass is 484 g/mol. The molecule has 2 N–H and O–H groups in total. The topological polar surface area (TPSA) is 91.1 Å². The van der Waals surface area contributed by atoms with E-state index in [4.69, 9.17) is 19.9 Å². The molecule has 158 valence electrons. The first-order valence-electron chi connectivity index (χ1n) is 9.37. The molecule has 0 aliphatic carbocycles. The van der Waals surface area contributed by atoms with Crippen LogP contribution in [0.25, 0.3) is 0 Å². The zero-order chi connectivity index (χ0) is 20.9. The third-order valence-corrected chi connectivity index (χ3v) is 6.99. The first kappa shape index (κ1) is 21.9. The van der Waals surface area contributed by atoms with E-state index in [0.717, 1.165) is 17.3 Å². The molecule has 0 bridgehead atoms. The summed E-state index contributed by atoms with van der Waals surface area (Å²) < 4.78 is 45.5. The Morgan fingerprint density at radius 2 is 1.83 bits per heavy atom. The fourth-order valence-electron chi connectivity index (χ4n) is 3.15. The minimum atomic E-state index is -3.88. The van der Waals surface area contributed by atoms with Gasteiger partial charge < -0.3 is 19.9 Å². The number of hydrogen-bond donors (Lipinski definition) is 1. The average molecular weight is 485 g/mol. The van der Waals surface area contributed by atoms with E-state index in [9.17, 15) is 8.42 Å². The van der Waals surface area contributed by atoms with Crippen LogP contribution in [0.5, 0.6) is 5.75 Å². The highest BCUT2D eigenvalue weighted by atomic mass is 79.9. The molecule has 0 aromatic heterocycles. The van der Waals surface area contributed by atoms with Crippen LogP contribution in [0.15, 0.2) is 51.8 Å². The normalized spacial score (nSPS) is 14.8. The predicted octanol–water partition coefficient (Wildman–Crippen LogP) is 3.78. The van der Waals surface area contributed by atoms with Gasteiger partial charge in [0, 0.05) is 16.7 Å². The Bertz CT molecular complexity index is 915. The van der Waals surface area contributed by atoms with E-state index in [0.29, 0.717) is 37.6 Å². The smallest absolute Gasteiger partial charge is 0.268 e. The highest BCUT2D eigenvalue weighted by Gasteiger charge is 2.28. The van der Waals surface area contributed by atoms with Crippen LogP contribution in [-0.2, 0) is 19.5 Å². The second kappa shape index (κ2) is 9.80. The van der Waals surface area contributed by atoms with Crippen molar-refractivity contribution in [3.05, 3.63) is 46.9 Å². The molecule has 1 heterocycles. The number of benzene rings is 2. The van der Waals surface area contributed by atoms with Crippen LogP contribution >= 0.6 is 15.9 Å². The number of anilines is 2. The summed E-state index contributed by atoms with van der Waals surface area (Å²) in [5.74, 6) is 0.258. The SMILES string of the molecule is COc1ccc(N)cc1S(=O)(=O)N(CCCCC1OCCO1)c1ccc(Br)cc1. The molecule has 0 atom stereocenters. The van der Waals surface area contributed by atoms with Crippen molar-refractivity contribution in [1.29, 1.82) is 0 Å². The van der Waals surface area contributed by atoms with Gasteiger partial charge in [-0.2, -0.15) is 0 Å². The van der Waals surface area contributed by atoms with Gasteiger partial charge in [0.25, 0.3) is 10.0 Å². The summed E-state index contributed by atoms with van der Waals surface area (Å²) >= 11 is 3.39. The number of hydrogen-bond acceptors (Lipinski definition) is 6. The summed E-state index contributed by atoms with van der Waals surface area (Å²) in [5, 5.41) is 0. The minimum Gasteiger partial charge on any atom is -0.495 e. The number of halogens is 1. The first-order valence-corrected chi connectivity index (χ1v) is 11.6. The third kappa shape index (κ3) is 5.42. The molecule has 0 amide bonds. The van der Waals surface area contributed by atoms with Crippen molar-refractivity contribution in [2.24, 2.45) is 0 Å². The molecular weight excluding hydrogens is 460 g/mol. The number of methoxy groups -OCH3 is 1. The average Bonchev–Trinajstić information content (AvgIpc) is 3.22. The van der Waals surface area contributed by atoms with Gasteiger partial charge in [-0.15, -0.1) is 0 Å². The van der Waals surface area contributed by atoms with Crippen molar-refractivity contribution in [3.8, 4) is 5.75 Å². The second-order valence-corrected chi connectivity index (χ2v) is 9.38. The first-order chi connectivity index (χ1) is 13.9. The molecule has 3 rings (SSSR count). The fraction of sp³-hybridized carbons (Fsp3) is 0.400. The Morgan fingerprint density at radius 1 is 1.14 bits per heavy atom. The molecule has 0 unspecified atom stereocenters. The maximum Gasteiger partial charge on any atom is 0.268 e. The van der Waals surface area contributed by atoms with Crippen molar-refractivity contribution >= 4 is 37.3 Å². The maximum atomic E-state index is 13.5. The van der Waals surface area contributed by atoms with E-state index in [1.165, 1.54) is 17.5 Å². The van der Waals surface area contributed by atoms with Crippen LogP contribution in [0.1, 0.15) is 19.3 Å². The molecule has 29 heavy (non-hydrogen) atoms. The maximum absolute atomic E-state index is 13.5. The van der Waals surface area contributed by atoms with Crippen LogP contribution in [0, 0.1) is 0 Å². The van der Waals surface area contributed by atoms with Gasteiger partial charge >= 0.3 is 0 Å². The van der Waals surface area contributed by atoms with Gasteiger partial charge in [-0.25, -0.2) is 8.42 Å². The molecular formula is C20H25BrN2O5S. The lowest BCUT2D eigenvalue weighted by Gasteiger charge is -2.26. The zero-order valence-electron chi connectivity index (χ0n) is 16.2. The van der Waals surface area contributed by atoms with E-state index in [1.807, 2.05) is 12.1 Å². The second-order valence-electron chi connectivity index (χ2n) is 6.63. The highest BCUT2D eigenvalue weighted by molar-refractivity contribution is 9.10. The number of rotatable bonds is 9. The minimum absolute atomic E-state index is 0.0466. The zero-order valence-corrected chi connectivity index (χ0v) is 18.6. The Labute approximate surface area is 179 Å². The standard InChI is InChI=1S/C20H25BrN2O5S/c1-26-18-10-7-16(22)14-19(18)29(24,25)23(17-8-5-15(21)6-9-17)11-3-2-4-20-27-12-13-28-20/h5-10,14,20H,2-4,11-13,22H2,1H3. The van der Waals surface area contributed by atoms with Gasteiger partial charge in [-0.05, 0) is 61.7 Å². The lowest BCUT2D eigenvalue weighted by molar-refractivity contribution is -0.0478. The third-order valence-electron chi connectivity index (χ3n) is 4.61. The number of unbranched alkanes of at least 4 members (excludes halogenated alkanes) is 1. The molecule has 0 saturated carbocycles. The number of sulfonamides is 1. The van der Waals surface area contributed by atoms with Gasteiger partial charge in [0.05, 0.1) is 26.0 Å². The lowest BCUT2D eigenvalue weighted by atomic mass is 10.2. The van der Waals surface area contributed by atoms with E-state index in [1.54, 1.807) is 24.3 Å². The fourth-order valence-corrected chi connectivity index (χ4v) is 5.11. The number of nitrogens with two attached hydrogens (primary N) is 1. The largest absolute Gasteiger partial charge is 0.495 e. The number of nitrogens with zero attached hydrogens (tertiary/aromatic N) is 1. The molecule has 2 aromatic carbocycles. The summed E-state index contributed by atoms with van der Waals surface area (Å²) in [5.41, 5.74) is 6.79. The Kier molecular flexibility index (Phi) is 7.39. The molecule has 7 nitrogen and oxygen atoms in total. The molecule has 9 heteroatoms. The summed E-state index contributed by atoms with van der Waals surface area (Å²) in [6, 6.07) is 11.8. The molecule has 0 radical (unpaired) electrons. The van der Waals surface area contributed by atoms with Crippen molar-refractivity contribution in [2.45, 2.75) is 30.4 Å². The van der Waals surface area contributed by atoms with Gasteiger partial charge in [0.1, 0.15) is 10.6 Å². The molecule has 1 fully saturated rings. The molecule has 1 aliphatic heterocycles. The van der Waals surface area contributed by atoms with E-state index >= 15 is 0 Å². The van der Waals surface area contributed by atoms with E-state index in [-0.39, 0.29) is 16.9 Å². The van der Waals surface area contributed by atoms with Crippen molar-refractivity contribution in [2.75, 3.05) is 36.9 Å². The summed E-state index contributed by atoms with van der Waals surface area (Å²) in [6.07, 6.45) is 1.97. The molecule has 2 aromatic rings. The summed E-state index contributed by atoms with van der Waals surface area (Å²) in [7, 11) is -2.44. The van der Waals surface area contributed by atoms with Crippen LogP contribution in [0.2, 0.25) is 0 Å². The lowest BCUT2D eigenvalue weighted by Crippen LogP contribution is -2.32. The van der Waals surface area contributed by atoms with Crippen LogP contribution in [-0.4, -0.2) is 41.6 Å². The quantitative estimate of drug-likeness (QED) is 0.430. The van der Waals surface area contributed by atoms with Crippen molar-refractivity contribution in [1.82, 2.24) is 0 Å². The van der Waals surface area contributed by atoms with Crippen LogP contribution < -0.4 is 14.8 Å². The van der Waals surface area contributed by atoms with Crippen molar-refractivity contribution in [3.63, 3.8) is 0 Å². The highest BCUT2D eigenvalue weighted by Crippen LogP contribution is 2.32. The summed E-state index contributed by atoms with van der Waals surface area (Å²) in [4.78, 5) is 0.0466. The van der Waals surface area contributed by atoms with Crippen LogP contribution in [0.4, 0.5) is 11.4 Å². The van der Waals surface area contributed by atoms with Gasteiger partial charge in [0.15, 0.2) is 6.29 Å². The van der Waals surface area contributed by atoms with Crippen LogP contribution in [0.3, 0.4) is 0 Å². The molecule has 1 aliphatic rings.